The number of nitrogens with zero attached hydrogens (tertiary/aromatic N) is 2. The van der Waals surface area contributed by atoms with Crippen LogP contribution in [0.1, 0.15) is 10.4 Å². The van der Waals surface area contributed by atoms with Gasteiger partial charge in [0, 0.05) is 43.5 Å². The number of amides is 1. The summed E-state index contributed by atoms with van der Waals surface area (Å²) in [5.74, 6) is -0.692. The molecule has 0 radical (unpaired) electrons. The van der Waals surface area contributed by atoms with E-state index in [2.05, 4.69) is 9.72 Å². The maximum Gasteiger partial charge on any atom is 0.573 e. The van der Waals surface area contributed by atoms with Crippen LogP contribution in [0.3, 0.4) is 0 Å². The van der Waals surface area contributed by atoms with Crippen molar-refractivity contribution in [3.63, 3.8) is 0 Å². The lowest BCUT2D eigenvalue weighted by Gasteiger charge is -2.34. The molecule has 1 aliphatic rings. The molecule has 3 aromatic rings. The fourth-order valence-corrected chi connectivity index (χ4v) is 4.88. The Balaban J connectivity index is 1.42. The van der Waals surface area contributed by atoms with Gasteiger partial charge in [-0.2, -0.15) is 4.31 Å². The third kappa shape index (κ3) is 4.52. The number of rotatable bonds is 4. The smallest absolute Gasteiger partial charge is 0.406 e. The molecule has 1 aromatic heterocycles. The van der Waals surface area contributed by atoms with Crippen molar-refractivity contribution in [3.05, 3.63) is 60.3 Å². The Morgan fingerprint density at radius 1 is 0.968 bits per heavy atom. The predicted molar refractivity (Wildman–Crippen MR) is 106 cm³/mol. The lowest BCUT2D eigenvalue weighted by molar-refractivity contribution is -0.274. The number of hydrogen-bond acceptors (Lipinski definition) is 4. The molecule has 4 rings (SSSR count). The highest BCUT2D eigenvalue weighted by Crippen LogP contribution is 2.26. The van der Waals surface area contributed by atoms with Crippen LogP contribution >= 0.6 is 0 Å². The van der Waals surface area contributed by atoms with Gasteiger partial charge < -0.3 is 14.6 Å². The van der Waals surface area contributed by atoms with Crippen LogP contribution in [0.25, 0.3) is 10.9 Å². The van der Waals surface area contributed by atoms with Crippen molar-refractivity contribution < 1.29 is 31.1 Å². The van der Waals surface area contributed by atoms with Gasteiger partial charge in [-0.15, -0.1) is 13.2 Å². The Morgan fingerprint density at radius 3 is 2.29 bits per heavy atom. The van der Waals surface area contributed by atoms with E-state index in [0.29, 0.717) is 5.56 Å². The molecule has 2 heterocycles. The number of hydrogen-bond donors (Lipinski definition) is 1. The van der Waals surface area contributed by atoms with Gasteiger partial charge in [-0.1, -0.05) is 6.07 Å². The molecule has 1 amide bonds. The number of aromatic amines is 1. The minimum absolute atomic E-state index is 0.0830. The first-order chi connectivity index (χ1) is 14.6. The third-order valence-corrected chi connectivity index (χ3v) is 6.94. The first-order valence-electron chi connectivity index (χ1n) is 9.36. The molecule has 164 valence electrons. The number of aromatic nitrogens is 1. The van der Waals surface area contributed by atoms with E-state index >= 15 is 0 Å². The maximum atomic E-state index is 12.8. The quantitative estimate of drug-likeness (QED) is 0.658. The number of alkyl halides is 3. The molecule has 0 unspecified atom stereocenters. The van der Waals surface area contributed by atoms with E-state index in [1.54, 1.807) is 23.2 Å². The van der Waals surface area contributed by atoms with Gasteiger partial charge in [0.2, 0.25) is 10.0 Å². The summed E-state index contributed by atoms with van der Waals surface area (Å²) >= 11 is 0. The van der Waals surface area contributed by atoms with Crippen LogP contribution in [0.15, 0.2) is 59.6 Å². The summed E-state index contributed by atoms with van der Waals surface area (Å²) in [6.07, 6.45) is -3.07. The minimum atomic E-state index is -4.85. The standard InChI is InChI=1S/C20H18F3N3O4S/c21-20(22,23)30-16-3-5-17(6-4-16)31(28,29)26-11-9-25(10-12-26)19(27)15-2-1-14-7-8-24-18(14)13-15/h1-8,13,24H,9-12H2. The van der Waals surface area contributed by atoms with Gasteiger partial charge in [-0.05, 0) is 47.9 Å². The van der Waals surface area contributed by atoms with Crippen LogP contribution in [0.4, 0.5) is 13.2 Å². The van der Waals surface area contributed by atoms with Gasteiger partial charge in [0.1, 0.15) is 5.75 Å². The van der Waals surface area contributed by atoms with Gasteiger partial charge in [0.25, 0.3) is 5.91 Å². The van der Waals surface area contributed by atoms with Crippen LogP contribution in [-0.4, -0.2) is 61.1 Å². The number of carbonyl (C=O) groups is 1. The number of halogens is 3. The van der Waals surface area contributed by atoms with Crippen molar-refractivity contribution in [2.45, 2.75) is 11.3 Å². The van der Waals surface area contributed by atoms with Crippen LogP contribution in [0.5, 0.6) is 5.75 Å². The Hall–Kier alpha value is -3.05. The van der Waals surface area contributed by atoms with Gasteiger partial charge >= 0.3 is 6.36 Å². The molecule has 2 aromatic carbocycles. The molecular formula is C20H18F3N3O4S. The second-order valence-corrected chi connectivity index (χ2v) is 8.93. The Morgan fingerprint density at radius 2 is 1.65 bits per heavy atom. The van der Waals surface area contributed by atoms with Crippen molar-refractivity contribution in [1.29, 1.82) is 0 Å². The predicted octanol–water partition coefficient (Wildman–Crippen LogP) is 3.21. The largest absolute Gasteiger partial charge is 0.573 e. The highest BCUT2D eigenvalue weighted by Gasteiger charge is 2.33. The summed E-state index contributed by atoms with van der Waals surface area (Å²) in [6.45, 7) is 0.575. The van der Waals surface area contributed by atoms with E-state index in [4.69, 9.17) is 0 Å². The number of H-pyrrole nitrogens is 1. The Kier molecular flexibility index (Phi) is 5.40. The number of fused-ring (bicyclic) bond motifs is 1. The number of carbonyl (C=O) groups excluding carboxylic acids is 1. The molecule has 0 aliphatic carbocycles. The first-order valence-corrected chi connectivity index (χ1v) is 10.8. The highest BCUT2D eigenvalue weighted by atomic mass is 32.2. The zero-order chi connectivity index (χ0) is 22.2. The molecule has 7 nitrogen and oxygen atoms in total. The van der Waals surface area contributed by atoms with Crippen molar-refractivity contribution in [3.8, 4) is 5.75 Å². The molecule has 31 heavy (non-hydrogen) atoms. The molecule has 1 fully saturated rings. The third-order valence-electron chi connectivity index (χ3n) is 5.02. The van der Waals surface area contributed by atoms with Crippen molar-refractivity contribution in [2.75, 3.05) is 26.2 Å². The summed E-state index contributed by atoms with van der Waals surface area (Å²) in [6, 6.07) is 11.3. The molecule has 0 atom stereocenters. The summed E-state index contributed by atoms with van der Waals surface area (Å²) in [7, 11) is -3.90. The van der Waals surface area contributed by atoms with Gasteiger partial charge in [0.05, 0.1) is 4.90 Å². The second kappa shape index (κ2) is 7.89. The summed E-state index contributed by atoms with van der Waals surface area (Å²) in [4.78, 5) is 17.3. The topological polar surface area (TPSA) is 82.7 Å². The molecule has 11 heteroatoms. The zero-order valence-electron chi connectivity index (χ0n) is 16.1. The molecule has 0 bridgehead atoms. The molecule has 1 aliphatic heterocycles. The molecule has 0 spiro atoms. The zero-order valence-corrected chi connectivity index (χ0v) is 16.9. The number of nitrogens with one attached hydrogen (secondary N) is 1. The second-order valence-electron chi connectivity index (χ2n) is 7.00. The Labute approximate surface area is 176 Å². The van der Waals surface area contributed by atoms with Gasteiger partial charge in [-0.3, -0.25) is 4.79 Å². The van der Waals surface area contributed by atoms with E-state index in [0.717, 1.165) is 35.2 Å². The number of piperazine rings is 1. The van der Waals surface area contributed by atoms with Gasteiger partial charge in [-0.25, -0.2) is 8.42 Å². The van der Waals surface area contributed by atoms with Crippen molar-refractivity contribution in [2.24, 2.45) is 0 Å². The molecule has 1 N–H and O–H groups in total. The fraction of sp³-hybridized carbons (Fsp3) is 0.250. The fourth-order valence-electron chi connectivity index (χ4n) is 3.46. The highest BCUT2D eigenvalue weighted by molar-refractivity contribution is 7.89. The van der Waals surface area contributed by atoms with E-state index in [1.165, 1.54) is 4.31 Å². The van der Waals surface area contributed by atoms with Crippen LogP contribution < -0.4 is 4.74 Å². The average Bonchev–Trinajstić information content (AvgIpc) is 3.20. The number of benzene rings is 2. The summed E-state index contributed by atoms with van der Waals surface area (Å²) in [5, 5.41) is 0.985. The summed E-state index contributed by atoms with van der Waals surface area (Å²) in [5.41, 5.74) is 1.34. The SMILES string of the molecule is O=C(c1ccc2cc[nH]c2c1)N1CCN(S(=O)(=O)c2ccc(OC(F)(F)F)cc2)CC1. The van der Waals surface area contributed by atoms with E-state index in [-0.39, 0.29) is 37.0 Å². The molecule has 1 saturated heterocycles. The monoisotopic (exact) mass is 453 g/mol. The molecular weight excluding hydrogens is 435 g/mol. The average molecular weight is 453 g/mol. The summed E-state index contributed by atoms with van der Waals surface area (Å²) < 4.78 is 67.4. The normalized spacial score (nSPS) is 15.9. The van der Waals surface area contributed by atoms with Crippen LogP contribution in [0, 0.1) is 0 Å². The van der Waals surface area contributed by atoms with E-state index in [9.17, 15) is 26.4 Å². The number of sulfonamides is 1. The maximum absolute atomic E-state index is 12.8. The van der Waals surface area contributed by atoms with Crippen molar-refractivity contribution >= 4 is 26.8 Å². The van der Waals surface area contributed by atoms with Crippen LogP contribution in [0.2, 0.25) is 0 Å². The Bertz CT molecular complexity index is 1200. The lowest BCUT2D eigenvalue weighted by Crippen LogP contribution is -2.50. The first kappa shape index (κ1) is 21.2. The van der Waals surface area contributed by atoms with E-state index in [1.807, 2.05) is 12.1 Å². The number of ether oxygens (including phenoxy) is 1. The van der Waals surface area contributed by atoms with Crippen molar-refractivity contribution in [1.82, 2.24) is 14.2 Å². The van der Waals surface area contributed by atoms with Crippen LogP contribution in [-0.2, 0) is 10.0 Å². The minimum Gasteiger partial charge on any atom is -0.406 e. The van der Waals surface area contributed by atoms with E-state index < -0.39 is 22.1 Å². The molecule has 0 saturated carbocycles. The lowest BCUT2D eigenvalue weighted by atomic mass is 10.1. The van der Waals surface area contributed by atoms with Gasteiger partial charge in [0.15, 0.2) is 0 Å².